The lowest BCUT2D eigenvalue weighted by atomic mass is 10.0. The number of hydrogen-bond acceptors (Lipinski definition) is 3. The topological polar surface area (TPSA) is 44.5 Å². The lowest BCUT2D eigenvalue weighted by Crippen LogP contribution is -2.20. The highest BCUT2D eigenvalue weighted by atomic mass is 35.5. The van der Waals surface area contributed by atoms with Crippen LogP contribution in [0.15, 0.2) is 18.2 Å². The normalized spacial score (nSPS) is 17.2. The molecule has 4 heteroatoms. The van der Waals surface area contributed by atoms with E-state index in [1.807, 2.05) is 12.1 Å². The van der Waals surface area contributed by atoms with Crippen molar-refractivity contribution in [2.45, 2.75) is 19.4 Å². The molecule has 2 rings (SSSR count). The van der Waals surface area contributed by atoms with Crippen LogP contribution in [0, 0.1) is 5.92 Å². The van der Waals surface area contributed by atoms with Gasteiger partial charge >= 0.3 is 0 Å². The van der Waals surface area contributed by atoms with E-state index in [1.54, 1.807) is 6.07 Å². The quantitative estimate of drug-likeness (QED) is 0.842. The number of nitrogens with two attached hydrogens (primary N) is 1. The minimum Gasteiger partial charge on any atom is -0.399 e. The van der Waals surface area contributed by atoms with Crippen LogP contribution in [-0.4, -0.2) is 19.8 Å². The van der Waals surface area contributed by atoms with Crippen molar-refractivity contribution in [1.82, 2.24) is 0 Å². The van der Waals surface area contributed by atoms with Crippen LogP contribution in [0.2, 0.25) is 5.02 Å². The first-order chi connectivity index (χ1) is 8.25. The second-order valence-electron chi connectivity index (χ2n) is 4.42. The Bertz CT molecular complexity index is 364. The van der Waals surface area contributed by atoms with Crippen molar-refractivity contribution in [3.8, 4) is 0 Å². The molecule has 94 valence electrons. The van der Waals surface area contributed by atoms with Crippen LogP contribution in [0.25, 0.3) is 0 Å². The maximum Gasteiger partial charge on any atom is 0.0731 e. The first-order valence-electron chi connectivity index (χ1n) is 5.95. The number of ether oxygens (including phenoxy) is 2. The van der Waals surface area contributed by atoms with Gasteiger partial charge in [-0.3, -0.25) is 0 Å². The van der Waals surface area contributed by atoms with E-state index in [9.17, 15) is 0 Å². The van der Waals surface area contributed by atoms with Crippen molar-refractivity contribution in [3.63, 3.8) is 0 Å². The maximum atomic E-state index is 6.07. The van der Waals surface area contributed by atoms with Gasteiger partial charge in [-0.2, -0.15) is 0 Å². The molecule has 1 aliphatic rings. The van der Waals surface area contributed by atoms with Crippen LogP contribution < -0.4 is 5.73 Å². The number of halogens is 1. The first-order valence-corrected chi connectivity index (χ1v) is 6.33. The molecular formula is C13H18ClNO2. The standard InChI is InChI=1S/C13H18ClNO2/c14-13-7-12(15)2-1-11(13)9-17-8-10-3-5-16-6-4-10/h1-2,7,10H,3-6,8-9,15H2. The van der Waals surface area contributed by atoms with E-state index in [4.69, 9.17) is 26.8 Å². The van der Waals surface area contributed by atoms with E-state index >= 15 is 0 Å². The lowest BCUT2D eigenvalue weighted by Gasteiger charge is -2.21. The summed E-state index contributed by atoms with van der Waals surface area (Å²) in [6.07, 6.45) is 2.19. The second-order valence-corrected chi connectivity index (χ2v) is 4.83. The van der Waals surface area contributed by atoms with Crippen LogP contribution in [0.4, 0.5) is 5.69 Å². The maximum absolute atomic E-state index is 6.07. The molecule has 0 atom stereocenters. The minimum absolute atomic E-state index is 0.552. The van der Waals surface area contributed by atoms with Crippen LogP contribution >= 0.6 is 11.6 Å². The van der Waals surface area contributed by atoms with Crippen LogP contribution in [0.3, 0.4) is 0 Å². The molecule has 0 saturated carbocycles. The molecule has 17 heavy (non-hydrogen) atoms. The van der Waals surface area contributed by atoms with E-state index in [0.717, 1.165) is 38.2 Å². The van der Waals surface area contributed by atoms with Gasteiger partial charge in [-0.25, -0.2) is 0 Å². The van der Waals surface area contributed by atoms with Gasteiger partial charge in [-0.05, 0) is 36.5 Å². The molecule has 0 bridgehead atoms. The highest BCUT2D eigenvalue weighted by molar-refractivity contribution is 6.31. The fraction of sp³-hybridized carbons (Fsp3) is 0.538. The Balaban J connectivity index is 1.77. The van der Waals surface area contributed by atoms with Crippen LogP contribution in [-0.2, 0) is 16.1 Å². The summed E-state index contributed by atoms with van der Waals surface area (Å²) in [5, 5.41) is 0.678. The molecule has 1 aromatic carbocycles. The zero-order valence-corrected chi connectivity index (χ0v) is 10.6. The second kappa shape index (κ2) is 6.24. The third kappa shape index (κ3) is 3.87. The largest absolute Gasteiger partial charge is 0.399 e. The number of anilines is 1. The zero-order valence-electron chi connectivity index (χ0n) is 9.82. The number of benzene rings is 1. The Morgan fingerprint density at radius 3 is 2.82 bits per heavy atom. The summed E-state index contributed by atoms with van der Waals surface area (Å²) < 4.78 is 11.0. The number of nitrogen functional groups attached to an aromatic ring is 1. The third-order valence-electron chi connectivity index (χ3n) is 3.03. The highest BCUT2D eigenvalue weighted by Gasteiger charge is 2.13. The Hall–Kier alpha value is -0.770. The van der Waals surface area contributed by atoms with E-state index in [0.29, 0.717) is 23.2 Å². The highest BCUT2D eigenvalue weighted by Crippen LogP contribution is 2.21. The van der Waals surface area contributed by atoms with E-state index < -0.39 is 0 Å². The van der Waals surface area contributed by atoms with Gasteiger partial charge in [0.2, 0.25) is 0 Å². The molecule has 1 aliphatic heterocycles. The molecule has 1 saturated heterocycles. The van der Waals surface area contributed by atoms with Crippen molar-refractivity contribution >= 4 is 17.3 Å². The number of rotatable bonds is 4. The Morgan fingerprint density at radius 2 is 2.12 bits per heavy atom. The summed E-state index contributed by atoms with van der Waals surface area (Å²) >= 11 is 6.07. The fourth-order valence-corrected chi connectivity index (χ4v) is 2.17. The molecule has 0 amide bonds. The molecule has 3 nitrogen and oxygen atoms in total. The summed E-state index contributed by atoms with van der Waals surface area (Å²) in [7, 11) is 0. The molecule has 2 N–H and O–H groups in total. The van der Waals surface area contributed by atoms with E-state index in [-0.39, 0.29) is 0 Å². The van der Waals surface area contributed by atoms with Crippen molar-refractivity contribution in [1.29, 1.82) is 0 Å². The van der Waals surface area contributed by atoms with Gasteiger partial charge < -0.3 is 15.2 Å². The predicted octanol–water partition coefficient (Wildman–Crippen LogP) is 2.87. The summed E-state index contributed by atoms with van der Waals surface area (Å²) in [6, 6.07) is 5.52. The molecule has 0 radical (unpaired) electrons. The van der Waals surface area contributed by atoms with Crippen LogP contribution in [0.1, 0.15) is 18.4 Å². The molecule has 0 spiro atoms. The van der Waals surface area contributed by atoms with Gasteiger partial charge in [-0.1, -0.05) is 17.7 Å². The van der Waals surface area contributed by atoms with Gasteiger partial charge in [0.25, 0.3) is 0 Å². The minimum atomic E-state index is 0.552. The van der Waals surface area contributed by atoms with Gasteiger partial charge in [0.15, 0.2) is 0 Å². The lowest BCUT2D eigenvalue weighted by molar-refractivity contribution is 0.0157. The monoisotopic (exact) mass is 255 g/mol. The predicted molar refractivity (Wildman–Crippen MR) is 69.1 cm³/mol. The Labute approximate surface area is 107 Å². The number of hydrogen-bond donors (Lipinski definition) is 1. The van der Waals surface area contributed by atoms with Crippen molar-refractivity contribution in [2.75, 3.05) is 25.6 Å². The fourth-order valence-electron chi connectivity index (χ4n) is 1.93. The van der Waals surface area contributed by atoms with Crippen molar-refractivity contribution < 1.29 is 9.47 Å². The zero-order chi connectivity index (χ0) is 12.1. The summed E-state index contributed by atoms with van der Waals surface area (Å²) in [6.45, 7) is 3.05. The molecule has 1 fully saturated rings. The molecule has 0 aliphatic carbocycles. The Kier molecular flexibility index (Phi) is 4.66. The molecular weight excluding hydrogens is 238 g/mol. The Morgan fingerprint density at radius 1 is 1.35 bits per heavy atom. The average Bonchev–Trinajstić information content (AvgIpc) is 2.33. The third-order valence-corrected chi connectivity index (χ3v) is 3.38. The smallest absolute Gasteiger partial charge is 0.0731 e. The van der Waals surface area contributed by atoms with Gasteiger partial charge in [0, 0.05) is 23.9 Å². The summed E-state index contributed by atoms with van der Waals surface area (Å²) in [5.41, 5.74) is 7.31. The summed E-state index contributed by atoms with van der Waals surface area (Å²) in [4.78, 5) is 0. The molecule has 0 unspecified atom stereocenters. The van der Waals surface area contributed by atoms with Crippen molar-refractivity contribution in [2.24, 2.45) is 5.92 Å². The van der Waals surface area contributed by atoms with Gasteiger partial charge in [-0.15, -0.1) is 0 Å². The van der Waals surface area contributed by atoms with Gasteiger partial charge in [0.05, 0.1) is 13.2 Å². The van der Waals surface area contributed by atoms with E-state index in [1.165, 1.54) is 0 Å². The molecule has 1 aromatic rings. The average molecular weight is 256 g/mol. The molecule has 1 heterocycles. The van der Waals surface area contributed by atoms with E-state index in [2.05, 4.69) is 0 Å². The summed E-state index contributed by atoms with van der Waals surface area (Å²) in [5.74, 6) is 0.622. The molecule has 0 aromatic heterocycles. The first kappa shape index (κ1) is 12.7. The van der Waals surface area contributed by atoms with Gasteiger partial charge in [0.1, 0.15) is 0 Å². The van der Waals surface area contributed by atoms with Crippen molar-refractivity contribution in [3.05, 3.63) is 28.8 Å². The van der Waals surface area contributed by atoms with Crippen LogP contribution in [0.5, 0.6) is 0 Å². The SMILES string of the molecule is Nc1ccc(COCC2CCOCC2)c(Cl)c1.